The predicted molar refractivity (Wildman–Crippen MR) is 93.5 cm³/mol. The molecule has 3 nitrogen and oxygen atoms in total. The predicted octanol–water partition coefficient (Wildman–Crippen LogP) is 4.38. The normalized spacial score (nSPS) is 13.6. The Morgan fingerprint density at radius 1 is 1.00 bits per heavy atom. The minimum Gasteiger partial charge on any atom is -0.207 e. The first-order chi connectivity index (χ1) is 9.81. The summed E-state index contributed by atoms with van der Waals surface area (Å²) in [6.07, 6.45) is 1.73. The second kappa shape index (κ2) is 6.71. The lowest BCUT2D eigenvalue weighted by molar-refractivity contribution is 0.269. The Labute approximate surface area is 136 Å². The third-order valence-corrected chi connectivity index (χ3v) is 4.97. The highest BCUT2D eigenvalue weighted by Gasteiger charge is 2.30. The summed E-state index contributed by atoms with van der Waals surface area (Å²) in [5.74, 6) is 0.561. The molecule has 1 rings (SSSR count). The molecule has 0 fully saturated rings. The smallest absolute Gasteiger partial charge is 0.207 e. The molecule has 0 amide bonds. The summed E-state index contributed by atoms with van der Waals surface area (Å²) in [7, 11) is -3.49. The van der Waals surface area contributed by atoms with Crippen molar-refractivity contribution in [3.05, 3.63) is 29.8 Å². The fourth-order valence-electron chi connectivity index (χ4n) is 3.06. The zero-order valence-electron chi connectivity index (χ0n) is 15.0. The SMILES string of the molecule is CC(C)Cc1ccc(S(=O)(=O)NC(C)(C)CC(C)(C)C)cc1. The summed E-state index contributed by atoms with van der Waals surface area (Å²) in [4.78, 5) is 0.335. The maximum absolute atomic E-state index is 12.6. The summed E-state index contributed by atoms with van der Waals surface area (Å²) >= 11 is 0. The van der Waals surface area contributed by atoms with Gasteiger partial charge in [-0.2, -0.15) is 0 Å². The van der Waals surface area contributed by atoms with E-state index in [1.54, 1.807) is 12.1 Å². The molecule has 0 heterocycles. The van der Waals surface area contributed by atoms with E-state index in [9.17, 15) is 8.42 Å². The second-order valence-corrected chi connectivity index (χ2v) is 10.2. The van der Waals surface area contributed by atoms with Gasteiger partial charge in [0.05, 0.1) is 4.90 Å². The molecule has 1 aromatic carbocycles. The van der Waals surface area contributed by atoms with Gasteiger partial charge < -0.3 is 0 Å². The molecule has 1 aromatic rings. The summed E-state index contributed by atoms with van der Waals surface area (Å²) < 4.78 is 27.9. The Morgan fingerprint density at radius 3 is 1.91 bits per heavy atom. The van der Waals surface area contributed by atoms with Crippen LogP contribution >= 0.6 is 0 Å². The van der Waals surface area contributed by atoms with Crippen molar-refractivity contribution in [2.75, 3.05) is 0 Å². The zero-order valence-corrected chi connectivity index (χ0v) is 15.8. The molecule has 0 aliphatic heterocycles. The van der Waals surface area contributed by atoms with Crippen LogP contribution in [0.1, 0.15) is 60.5 Å². The molecule has 1 N–H and O–H groups in total. The van der Waals surface area contributed by atoms with Crippen LogP contribution in [0.15, 0.2) is 29.2 Å². The first-order valence-corrected chi connectivity index (χ1v) is 9.42. The first-order valence-electron chi connectivity index (χ1n) is 7.94. The summed E-state index contributed by atoms with van der Waals surface area (Å²) in [5, 5.41) is 0. The van der Waals surface area contributed by atoms with Crippen molar-refractivity contribution >= 4 is 10.0 Å². The van der Waals surface area contributed by atoms with Gasteiger partial charge in [0.1, 0.15) is 0 Å². The average Bonchev–Trinajstić information content (AvgIpc) is 2.23. The van der Waals surface area contributed by atoms with Crippen molar-refractivity contribution in [1.82, 2.24) is 4.72 Å². The molecule has 0 radical (unpaired) electrons. The van der Waals surface area contributed by atoms with Crippen molar-refractivity contribution < 1.29 is 8.42 Å². The molecule has 0 saturated heterocycles. The topological polar surface area (TPSA) is 46.2 Å². The number of nitrogens with one attached hydrogen (secondary N) is 1. The highest BCUT2D eigenvalue weighted by Crippen LogP contribution is 2.28. The van der Waals surface area contributed by atoms with Gasteiger partial charge in [-0.3, -0.25) is 0 Å². The van der Waals surface area contributed by atoms with Crippen LogP contribution in [-0.2, 0) is 16.4 Å². The standard InChI is InChI=1S/C18H31NO2S/c1-14(2)12-15-8-10-16(11-9-15)22(20,21)19-18(6,7)13-17(3,4)5/h8-11,14,19H,12-13H2,1-7H3. The van der Waals surface area contributed by atoms with E-state index < -0.39 is 15.6 Å². The van der Waals surface area contributed by atoms with Gasteiger partial charge >= 0.3 is 0 Å². The van der Waals surface area contributed by atoms with Gasteiger partial charge in [-0.15, -0.1) is 0 Å². The van der Waals surface area contributed by atoms with Crippen LogP contribution in [0.4, 0.5) is 0 Å². The van der Waals surface area contributed by atoms with Crippen molar-refractivity contribution in [2.24, 2.45) is 11.3 Å². The van der Waals surface area contributed by atoms with E-state index in [1.165, 1.54) is 5.56 Å². The Morgan fingerprint density at radius 2 is 1.50 bits per heavy atom. The van der Waals surface area contributed by atoms with Crippen molar-refractivity contribution in [1.29, 1.82) is 0 Å². The highest BCUT2D eigenvalue weighted by atomic mass is 32.2. The molecule has 0 spiro atoms. The zero-order chi connectivity index (χ0) is 17.2. The number of benzene rings is 1. The van der Waals surface area contributed by atoms with E-state index in [0.717, 1.165) is 12.8 Å². The molecule has 22 heavy (non-hydrogen) atoms. The molecule has 0 aliphatic carbocycles. The molecule has 0 aliphatic rings. The molecule has 0 saturated carbocycles. The quantitative estimate of drug-likeness (QED) is 0.843. The van der Waals surface area contributed by atoms with E-state index in [4.69, 9.17) is 0 Å². The number of hydrogen-bond donors (Lipinski definition) is 1. The van der Waals surface area contributed by atoms with Crippen molar-refractivity contribution in [2.45, 2.75) is 71.7 Å². The Kier molecular flexibility index (Phi) is 5.85. The van der Waals surface area contributed by atoms with Crippen molar-refractivity contribution in [3.63, 3.8) is 0 Å². The molecular formula is C18H31NO2S. The van der Waals surface area contributed by atoms with Crippen LogP contribution in [-0.4, -0.2) is 14.0 Å². The minimum absolute atomic E-state index is 0.0626. The molecule has 0 atom stereocenters. The van der Waals surface area contributed by atoms with Crippen LogP contribution < -0.4 is 4.72 Å². The lowest BCUT2D eigenvalue weighted by Gasteiger charge is -2.33. The van der Waals surface area contributed by atoms with Crippen LogP contribution in [0.3, 0.4) is 0 Å². The van der Waals surface area contributed by atoms with E-state index in [2.05, 4.69) is 39.3 Å². The minimum atomic E-state index is -3.49. The Hall–Kier alpha value is -0.870. The highest BCUT2D eigenvalue weighted by molar-refractivity contribution is 7.89. The fraction of sp³-hybridized carbons (Fsp3) is 0.667. The van der Waals surface area contributed by atoms with E-state index in [0.29, 0.717) is 10.8 Å². The van der Waals surface area contributed by atoms with Gasteiger partial charge in [-0.1, -0.05) is 46.8 Å². The number of hydrogen-bond acceptors (Lipinski definition) is 2. The number of rotatable bonds is 6. The summed E-state index contributed by atoms with van der Waals surface area (Å²) in [6.45, 7) is 14.5. The van der Waals surface area contributed by atoms with Gasteiger partial charge in [-0.25, -0.2) is 13.1 Å². The van der Waals surface area contributed by atoms with E-state index >= 15 is 0 Å². The second-order valence-electron chi connectivity index (χ2n) is 8.47. The van der Waals surface area contributed by atoms with Crippen LogP contribution in [0.2, 0.25) is 0 Å². The molecule has 4 heteroatoms. The van der Waals surface area contributed by atoms with Crippen molar-refractivity contribution in [3.8, 4) is 0 Å². The molecule has 0 unspecified atom stereocenters. The lowest BCUT2D eigenvalue weighted by atomic mass is 9.82. The monoisotopic (exact) mass is 325 g/mol. The maximum atomic E-state index is 12.6. The third kappa shape index (κ3) is 6.49. The Balaban J connectivity index is 2.90. The third-order valence-electron chi connectivity index (χ3n) is 3.26. The molecule has 0 aromatic heterocycles. The summed E-state index contributed by atoms with van der Waals surface area (Å²) in [5.41, 5.74) is 0.754. The Bertz CT molecular complexity index is 579. The van der Waals surface area contributed by atoms with Crippen LogP contribution in [0.5, 0.6) is 0 Å². The van der Waals surface area contributed by atoms with Gasteiger partial charge in [0.25, 0.3) is 0 Å². The van der Waals surface area contributed by atoms with Gasteiger partial charge in [-0.05, 0) is 55.7 Å². The van der Waals surface area contributed by atoms with Crippen LogP contribution in [0, 0.1) is 11.3 Å². The molecular weight excluding hydrogens is 294 g/mol. The van der Waals surface area contributed by atoms with Gasteiger partial charge in [0.15, 0.2) is 0 Å². The average molecular weight is 326 g/mol. The van der Waals surface area contributed by atoms with Gasteiger partial charge in [0.2, 0.25) is 10.0 Å². The largest absolute Gasteiger partial charge is 0.241 e. The van der Waals surface area contributed by atoms with Gasteiger partial charge in [0, 0.05) is 5.54 Å². The number of sulfonamides is 1. The summed E-state index contributed by atoms with van der Waals surface area (Å²) in [6, 6.07) is 7.22. The molecule has 126 valence electrons. The lowest BCUT2D eigenvalue weighted by Crippen LogP contribution is -2.45. The van der Waals surface area contributed by atoms with Crippen LogP contribution in [0.25, 0.3) is 0 Å². The fourth-order valence-corrected chi connectivity index (χ4v) is 4.47. The van der Waals surface area contributed by atoms with E-state index in [-0.39, 0.29) is 5.41 Å². The van der Waals surface area contributed by atoms with E-state index in [1.807, 2.05) is 26.0 Å². The maximum Gasteiger partial charge on any atom is 0.241 e. The molecule has 0 bridgehead atoms. The first kappa shape index (κ1) is 19.2.